The predicted octanol–water partition coefficient (Wildman–Crippen LogP) is 2.66. The number of benzene rings is 1. The molecule has 1 aromatic rings. The van der Waals surface area contributed by atoms with Crippen LogP contribution in [0.5, 0.6) is 0 Å². The maximum atomic E-state index is 11.9. The van der Waals surface area contributed by atoms with E-state index >= 15 is 0 Å². The molecule has 1 atom stereocenters. The maximum absolute atomic E-state index is 11.9. The molecule has 0 saturated carbocycles. The normalized spacial score (nSPS) is 16.8. The number of carbonyl (C=O) groups is 1. The average molecular weight is 303 g/mol. The molecule has 0 aliphatic carbocycles. The van der Waals surface area contributed by atoms with Gasteiger partial charge in [-0.25, -0.2) is 0 Å². The number of likely N-dealkylation sites (tertiary alicyclic amines) is 1. The molecule has 2 rings (SSSR count). The van der Waals surface area contributed by atoms with Crippen molar-refractivity contribution in [3.63, 3.8) is 0 Å². The van der Waals surface area contributed by atoms with E-state index in [-0.39, 0.29) is 17.9 Å². The average Bonchev–Trinajstić information content (AvgIpc) is 3.01. The molecule has 0 aromatic heterocycles. The van der Waals surface area contributed by atoms with Gasteiger partial charge in [-0.3, -0.25) is 9.69 Å². The lowest BCUT2D eigenvalue weighted by atomic mass is 10.0. The van der Waals surface area contributed by atoms with Crippen LogP contribution in [0.1, 0.15) is 38.3 Å². The molecule has 1 saturated heterocycles. The fourth-order valence-electron chi connectivity index (χ4n) is 2.91. The van der Waals surface area contributed by atoms with E-state index in [0.717, 1.165) is 13.1 Å². The summed E-state index contributed by atoms with van der Waals surface area (Å²) in [7, 11) is 4.10. The van der Waals surface area contributed by atoms with Gasteiger partial charge in [0.1, 0.15) is 0 Å². The minimum Gasteiger partial charge on any atom is -0.378 e. The zero-order valence-corrected chi connectivity index (χ0v) is 14.3. The highest BCUT2D eigenvalue weighted by Crippen LogP contribution is 2.26. The monoisotopic (exact) mass is 303 g/mol. The van der Waals surface area contributed by atoms with E-state index in [1.165, 1.54) is 24.1 Å². The molecular formula is C18H29N3O. The Labute approximate surface area is 134 Å². The van der Waals surface area contributed by atoms with Crippen molar-refractivity contribution in [1.82, 2.24) is 10.2 Å². The van der Waals surface area contributed by atoms with Crippen LogP contribution in [0, 0.1) is 5.92 Å². The van der Waals surface area contributed by atoms with Crippen LogP contribution in [0.3, 0.4) is 0 Å². The lowest BCUT2D eigenvalue weighted by Gasteiger charge is -2.29. The first-order valence-electron chi connectivity index (χ1n) is 8.28. The molecular weight excluding hydrogens is 274 g/mol. The van der Waals surface area contributed by atoms with Crippen LogP contribution in [-0.4, -0.2) is 44.5 Å². The molecule has 1 fully saturated rings. The van der Waals surface area contributed by atoms with Crippen LogP contribution in [0.4, 0.5) is 5.69 Å². The van der Waals surface area contributed by atoms with E-state index in [1.807, 2.05) is 13.8 Å². The molecule has 1 aliphatic heterocycles. The Morgan fingerprint density at radius 2 is 1.77 bits per heavy atom. The van der Waals surface area contributed by atoms with Gasteiger partial charge in [0, 0.05) is 32.2 Å². The molecule has 1 heterocycles. The Morgan fingerprint density at radius 3 is 2.27 bits per heavy atom. The first-order valence-corrected chi connectivity index (χ1v) is 8.28. The van der Waals surface area contributed by atoms with Crippen molar-refractivity contribution in [2.45, 2.75) is 32.7 Å². The largest absolute Gasteiger partial charge is 0.378 e. The fourth-order valence-corrected chi connectivity index (χ4v) is 2.91. The lowest BCUT2D eigenvalue weighted by molar-refractivity contribution is -0.124. The summed E-state index contributed by atoms with van der Waals surface area (Å²) < 4.78 is 0. The predicted molar refractivity (Wildman–Crippen MR) is 92.2 cm³/mol. The van der Waals surface area contributed by atoms with Crippen molar-refractivity contribution < 1.29 is 4.79 Å². The Kier molecular flexibility index (Phi) is 5.83. The molecule has 4 nitrogen and oxygen atoms in total. The van der Waals surface area contributed by atoms with E-state index in [0.29, 0.717) is 6.54 Å². The molecule has 0 radical (unpaired) electrons. The van der Waals surface area contributed by atoms with Crippen molar-refractivity contribution in [1.29, 1.82) is 0 Å². The van der Waals surface area contributed by atoms with Crippen molar-refractivity contribution in [3.05, 3.63) is 29.8 Å². The van der Waals surface area contributed by atoms with Crippen LogP contribution in [0.25, 0.3) is 0 Å². The third-order valence-electron chi connectivity index (χ3n) is 4.37. The molecule has 4 heteroatoms. The van der Waals surface area contributed by atoms with Crippen LogP contribution >= 0.6 is 0 Å². The summed E-state index contributed by atoms with van der Waals surface area (Å²) >= 11 is 0. The molecule has 1 amide bonds. The molecule has 0 spiro atoms. The summed E-state index contributed by atoms with van der Waals surface area (Å²) in [6.07, 6.45) is 2.51. The van der Waals surface area contributed by atoms with Crippen LogP contribution < -0.4 is 10.2 Å². The number of nitrogens with one attached hydrogen (secondary N) is 1. The van der Waals surface area contributed by atoms with Gasteiger partial charge in [-0.2, -0.15) is 0 Å². The van der Waals surface area contributed by atoms with E-state index in [2.05, 4.69) is 53.5 Å². The van der Waals surface area contributed by atoms with Gasteiger partial charge in [0.05, 0.1) is 6.04 Å². The van der Waals surface area contributed by atoms with Gasteiger partial charge in [0.2, 0.25) is 5.91 Å². The van der Waals surface area contributed by atoms with Gasteiger partial charge in [0.15, 0.2) is 0 Å². The molecule has 1 N–H and O–H groups in total. The van der Waals surface area contributed by atoms with Gasteiger partial charge in [-0.05, 0) is 43.6 Å². The third kappa shape index (κ3) is 4.23. The minimum atomic E-state index is 0.0374. The number of carbonyl (C=O) groups excluding carboxylic acids is 1. The Bertz CT molecular complexity index is 476. The number of rotatable bonds is 6. The third-order valence-corrected chi connectivity index (χ3v) is 4.37. The number of nitrogens with zero attached hydrogens (tertiary/aromatic N) is 2. The number of hydrogen-bond acceptors (Lipinski definition) is 3. The van der Waals surface area contributed by atoms with E-state index in [1.54, 1.807) is 0 Å². The lowest BCUT2D eigenvalue weighted by Crippen LogP contribution is -2.38. The van der Waals surface area contributed by atoms with Gasteiger partial charge >= 0.3 is 0 Å². The molecule has 122 valence electrons. The highest BCUT2D eigenvalue weighted by molar-refractivity contribution is 5.77. The quantitative estimate of drug-likeness (QED) is 0.877. The topological polar surface area (TPSA) is 35.6 Å². The maximum Gasteiger partial charge on any atom is 0.222 e. The van der Waals surface area contributed by atoms with Gasteiger partial charge < -0.3 is 10.2 Å². The van der Waals surface area contributed by atoms with Gasteiger partial charge in [-0.1, -0.05) is 26.0 Å². The smallest absolute Gasteiger partial charge is 0.222 e. The molecule has 1 aromatic carbocycles. The zero-order chi connectivity index (χ0) is 16.1. The van der Waals surface area contributed by atoms with Crippen molar-refractivity contribution in [2.75, 3.05) is 38.6 Å². The second-order valence-electron chi connectivity index (χ2n) is 6.64. The SMILES string of the molecule is CC(C)C(=O)NC[C@H](c1ccc(N(C)C)cc1)N1CCCC1. The van der Waals surface area contributed by atoms with Crippen LogP contribution in [0.15, 0.2) is 24.3 Å². The fraction of sp³-hybridized carbons (Fsp3) is 0.611. The zero-order valence-electron chi connectivity index (χ0n) is 14.3. The molecule has 0 unspecified atom stereocenters. The Hall–Kier alpha value is -1.55. The first-order chi connectivity index (χ1) is 10.5. The van der Waals surface area contributed by atoms with Crippen molar-refractivity contribution in [3.8, 4) is 0 Å². The summed E-state index contributed by atoms with van der Waals surface area (Å²) in [4.78, 5) is 16.5. The van der Waals surface area contributed by atoms with Crippen molar-refractivity contribution in [2.24, 2.45) is 5.92 Å². The highest BCUT2D eigenvalue weighted by atomic mass is 16.1. The van der Waals surface area contributed by atoms with E-state index in [9.17, 15) is 4.79 Å². The van der Waals surface area contributed by atoms with Gasteiger partial charge in [0.25, 0.3) is 0 Å². The summed E-state index contributed by atoms with van der Waals surface area (Å²) in [6.45, 7) is 6.81. The van der Waals surface area contributed by atoms with E-state index in [4.69, 9.17) is 0 Å². The molecule has 0 bridgehead atoms. The highest BCUT2D eigenvalue weighted by Gasteiger charge is 2.24. The standard InChI is InChI=1S/C18H29N3O/c1-14(2)18(22)19-13-17(21-11-5-6-12-21)15-7-9-16(10-8-15)20(3)4/h7-10,14,17H,5-6,11-13H2,1-4H3,(H,19,22)/t17-/m1/s1. The summed E-state index contributed by atoms with van der Waals surface area (Å²) in [5.74, 6) is 0.171. The van der Waals surface area contributed by atoms with Crippen LogP contribution in [0.2, 0.25) is 0 Å². The number of amides is 1. The minimum absolute atomic E-state index is 0.0374. The molecule has 1 aliphatic rings. The number of hydrogen-bond donors (Lipinski definition) is 1. The second-order valence-corrected chi connectivity index (χ2v) is 6.64. The van der Waals surface area contributed by atoms with Crippen molar-refractivity contribution >= 4 is 11.6 Å². The summed E-state index contributed by atoms with van der Waals surface area (Å²) in [6, 6.07) is 8.98. The Morgan fingerprint density at radius 1 is 1.18 bits per heavy atom. The van der Waals surface area contributed by atoms with E-state index < -0.39 is 0 Å². The number of anilines is 1. The molecule has 22 heavy (non-hydrogen) atoms. The first kappa shape index (κ1) is 16.8. The van der Waals surface area contributed by atoms with Crippen LogP contribution in [-0.2, 0) is 4.79 Å². The summed E-state index contributed by atoms with van der Waals surface area (Å²) in [5, 5.41) is 3.10. The Balaban J connectivity index is 2.11. The summed E-state index contributed by atoms with van der Waals surface area (Å²) in [5.41, 5.74) is 2.49. The van der Waals surface area contributed by atoms with Gasteiger partial charge in [-0.15, -0.1) is 0 Å². The second kappa shape index (κ2) is 7.63.